The standard InChI is InChI=1S/C8H13O4/c1-6(9)11-5-8-3-4-10-7(2)12-8/h8H,3-5H2,1-2H3. The van der Waals surface area contributed by atoms with Crippen LogP contribution in [0.3, 0.4) is 0 Å². The number of carbonyl (C=O) groups excluding carboxylic acids is 1. The molecule has 4 nitrogen and oxygen atoms in total. The maximum Gasteiger partial charge on any atom is 0.302 e. The molecule has 0 saturated carbocycles. The Morgan fingerprint density at radius 1 is 1.75 bits per heavy atom. The Bertz CT molecular complexity index is 157. The molecule has 1 saturated heterocycles. The van der Waals surface area contributed by atoms with Crippen LogP contribution in [0.25, 0.3) is 0 Å². The van der Waals surface area contributed by atoms with Gasteiger partial charge in [-0.3, -0.25) is 4.79 Å². The molecule has 0 bridgehead atoms. The van der Waals surface area contributed by atoms with Crippen molar-refractivity contribution in [3.8, 4) is 0 Å². The number of ether oxygens (including phenoxy) is 3. The highest BCUT2D eigenvalue weighted by Crippen LogP contribution is 2.17. The van der Waals surface area contributed by atoms with Crippen molar-refractivity contribution in [2.75, 3.05) is 13.2 Å². The lowest BCUT2D eigenvalue weighted by Gasteiger charge is -2.26. The predicted molar refractivity (Wildman–Crippen MR) is 41.0 cm³/mol. The van der Waals surface area contributed by atoms with Crippen LogP contribution in [0.4, 0.5) is 0 Å². The van der Waals surface area contributed by atoms with Crippen molar-refractivity contribution < 1.29 is 19.0 Å². The van der Waals surface area contributed by atoms with Crippen molar-refractivity contribution in [3.63, 3.8) is 0 Å². The Hall–Kier alpha value is -0.610. The predicted octanol–water partition coefficient (Wildman–Crippen LogP) is 0.864. The first-order valence-corrected chi connectivity index (χ1v) is 3.95. The van der Waals surface area contributed by atoms with Gasteiger partial charge in [0.25, 0.3) is 0 Å². The molecule has 1 heterocycles. The quantitative estimate of drug-likeness (QED) is 0.581. The second-order valence-electron chi connectivity index (χ2n) is 2.67. The summed E-state index contributed by atoms with van der Waals surface area (Å²) in [5, 5.41) is 0. The van der Waals surface area contributed by atoms with Crippen molar-refractivity contribution in [1.82, 2.24) is 0 Å². The number of esters is 1. The summed E-state index contributed by atoms with van der Waals surface area (Å²) in [5.41, 5.74) is 0. The normalized spacial score (nSPS) is 25.3. The second kappa shape index (κ2) is 4.42. The summed E-state index contributed by atoms with van der Waals surface area (Å²) in [5.74, 6) is -0.275. The van der Waals surface area contributed by atoms with Crippen LogP contribution in [0.1, 0.15) is 20.3 Å². The van der Waals surface area contributed by atoms with Gasteiger partial charge in [0.15, 0.2) is 0 Å². The van der Waals surface area contributed by atoms with Crippen molar-refractivity contribution in [1.29, 1.82) is 0 Å². The SMILES string of the molecule is C[C]1OCCC(COC(C)=O)O1. The van der Waals surface area contributed by atoms with E-state index < -0.39 is 0 Å². The molecule has 1 aliphatic heterocycles. The molecular formula is C8H13O4. The van der Waals surface area contributed by atoms with Crippen molar-refractivity contribution in [2.45, 2.75) is 26.4 Å². The van der Waals surface area contributed by atoms with E-state index in [4.69, 9.17) is 14.2 Å². The van der Waals surface area contributed by atoms with Crippen molar-refractivity contribution >= 4 is 5.97 Å². The molecule has 1 aliphatic rings. The molecule has 12 heavy (non-hydrogen) atoms. The first-order valence-electron chi connectivity index (χ1n) is 3.95. The maximum absolute atomic E-state index is 10.5. The minimum atomic E-state index is -0.275. The first-order chi connectivity index (χ1) is 5.68. The minimum absolute atomic E-state index is 0.0392. The highest BCUT2D eigenvalue weighted by molar-refractivity contribution is 5.65. The highest BCUT2D eigenvalue weighted by Gasteiger charge is 2.21. The average Bonchev–Trinajstić information content (AvgIpc) is 2.01. The fourth-order valence-electron chi connectivity index (χ4n) is 0.989. The van der Waals surface area contributed by atoms with Gasteiger partial charge < -0.3 is 14.2 Å². The fraction of sp³-hybridized carbons (Fsp3) is 0.750. The molecule has 0 spiro atoms. The van der Waals surface area contributed by atoms with E-state index in [9.17, 15) is 4.79 Å². The summed E-state index contributed by atoms with van der Waals surface area (Å²) >= 11 is 0. The number of carbonyl (C=O) groups is 1. The lowest BCUT2D eigenvalue weighted by molar-refractivity contribution is -0.160. The Morgan fingerprint density at radius 3 is 3.08 bits per heavy atom. The molecule has 1 unspecified atom stereocenters. The lowest BCUT2D eigenvalue weighted by Crippen LogP contribution is -2.29. The zero-order chi connectivity index (χ0) is 8.97. The molecule has 0 aliphatic carbocycles. The molecule has 0 aromatic heterocycles. The van der Waals surface area contributed by atoms with Crippen LogP contribution in [0.5, 0.6) is 0 Å². The van der Waals surface area contributed by atoms with Gasteiger partial charge in [0.1, 0.15) is 6.61 Å². The van der Waals surface area contributed by atoms with Gasteiger partial charge in [0.2, 0.25) is 6.29 Å². The molecular weight excluding hydrogens is 160 g/mol. The number of rotatable bonds is 2. The molecule has 69 valence electrons. The Kier molecular flexibility index (Phi) is 3.49. The summed E-state index contributed by atoms with van der Waals surface area (Å²) in [6.07, 6.45) is 1.28. The Balaban J connectivity index is 2.18. The highest BCUT2D eigenvalue weighted by atomic mass is 16.7. The third-order valence-electron chi connectivity index (χ3n) is 1.55. The summed E-state index contributed by atoms with van der Waals surface area (Å²) in [6, 6.07) is 0. The lowest BCUT2D eigenvalue weighted by atomic mass is 10.2. The second-order valence-corrected chi connectivity index (χ2v) is 2.67. The first kappa shape index (κ1) is 9.48. The molecule has 1 atom stereocenters. The van der Waals surface area contributed by atoms with Gasteiger partial charge in [0, 0.05) is 13.3 Å². The summed E-state index contributed by atoms with van der Waals surface area (Å²) in [7, 11) is 0. The van der Waals surface area contributed by atoms with E-state index in [1.165, 1.54) is 6.92 Å². The smallest absolute Gasteiger partial charge is 0.302 e. The van der Waals surface area contributed by atoms with Crippen molar-refractivity contribution in [2.24, 2.45) is 0 Å². The fourth-order valence-corrected chi connectivity index (χ4v) is 0.989. The molecule has 1 radical (unpaired) electrons. The molecule has 0 aromatic carbocycles. The third kappa shape index (κ3) is 3.19. The zero-order valence-corrected chi connectivity index (χ0v) is 7.33. The van der Waals surface area contributed by atoms with Crippen LogP contribution in [0.15, 0.2) is 0 Å². The van der Waals surface area contributed by atoms with Gasteiger partial charge in [-0.2, -0.15) is 0 Å². The number of hydrogen-bond acceptors (Lipinski definition) is 4. The number of hydrogen-bond donors (Lipinski definition) is 0. The van der Waals surface area contributed by atoms with Crippen LogP contribution in [-0.2, 0) is 19.0 Å². The van der Waals surface area contributed by atoms with Gasteiger partial charge in [-0.15, -0.1) is 0 Å². The van der Waals surface area contributed by atoms with E-state index >= 15 is 0 Å². The summed E-state index contributed by atoms with van der Waals surface area (Å²) < 4.78 is 15.1. The van der Waals surface area contributed by atoms with Gasteiger partial charge in [-0.05, 0) is 6.92 Å². The monoisotopic (exact) mass is 173 g/mol. The molecule has 4 heteroatoms. The van der Waals surface area contributed by atoms with Crippen molar-refractivity contribution in [3.05, 3.63) is 6.29 Å². The molecule has 0 aromatic rings. The van der Waals surface area contributed by atoms with Gasteiger partial charge in [-0.25, -0.2) is 0 Å². The Morgan fingerprint density at radius 2 is 2.50 bits per heavy atom. The summed E-state index contributed by atoms with van der Waals surface area (Å²) in [4.78, 5) is 10.5. The van der Waals surface area contributed by atoms with Crippen LogP contribution in [0, 0.1) is 6.29 Å². The molecule has 0 N–H and O–H groups in total. The zero-order valence-electron chi connectivity index (χ0n) is 7.33. The van der Waals surface area contributed by atoms with E-state index in [-0.39, 0.29) is 12.1 Å². The minimum Gasteiger partial charge on any atom is -0.463 e. The van der Waals surface area contributed by atoms with Crippen LogP contribution >= 0.6 is 0 Å². The Labute approximate surface area is 71.8 Å². The topological polar surface area (TPSA) is 44.8 Å². The van der Waals surface area contributed by atoms with Crippen LogP contribution in [0.2, 0.25) is 0 Å². The van der Waals surface area contributed by atoms with Crippen LogP contribution in [-0.4, -0.2) is 25.3 Å². The summed E-state index contributed by atoms with van der Waals surface area (Å²) in [6.45, 7) is 4.09. The van der Waals surface area contributed by atoms with E-state index in [2.05, 4.69) is 0 Å². The molecule has 0 amide bonds. The van der Waals surface area contributed by atoms with E-state index in [1.54, 1.807) is 6.92 Å². The van der Waals surface area contributed by atoms with Gasteiger partial charge in [0.05, 0.1) is 12.7 Å². The average molecular weight is 173 g/mol. The van der Waals surface area contributed by atoms with E-state index in [0.717, 1.165) is 6.42 Å². The van der Waals surface area contributed by atoms with Gasteiger partial charge in [-0.1, -0.05) is 0 Å². The van der Waals surface area contributed by atoms with Crippen LogP contribution < -0.4 is 0 Å². The van der Waals surface area contributed by atoms with E-state index in [0.29, 0.717) is 19.5 Å². The molecule has 1 fully saturated rings. The largest absolute Gasteiger partial charge is 0.463 e. The third-order valence-corrected chi connectivity index (χ3v) is 1.55. The molecule has 1 rings (SSSR count). The van der Waals surface area contributed by atoms with E-state index in [1.807, 2.05) is 0 Å². The maximum atomic E-state index is 10.5. The van der Waals surface area contributed by atoms with Gasteiger partial charge >= 0.3 is 5.97 Å².